The quantitative estimate of drug-likeness (QED) is 0.814. The van der Waals surface area contributed by atoms with E-state index in [0.717, 1.165) is 11.1 Å². The van der Waals surface area contributed by atoms with Crippen molar-refractivity contribution in [2.75, 3.05) is 13.6 Å². The second-order valence-corrected chi connectivity index (χ2v) is 4.04. The molecule has 17 heavy (non-hydrogen) atoms. The Morgan fingerprint density at radius 3 is 2.47 bits per heavy atom. The van der Waals surface area contributed by atoms with E-state index in [9.17, 15) is 13.2 Å². The van der Waals surface area contributed by atoms with E-state index in [4.69, 9.17) is 5.26 Å². The van der Waals surface area contributed by atoms with Gasteiger partial charge in [-0.25, -0.2) is 0 Å². The van der Waals surface area contributed by atoms with Crippen molar-refractivity contribution < 1.29 is 13.2 Å². The molecule has 0 bridgehead atoms. The third-order valence-electron chi connectivity index (χ3n) is 2.36. The summed E-state index contributed by atoms with van der Waals surface area (Å²) in [5, 5.41) is 8.68. The number of aryl methyl sites for hydroxylation is 1. The number of hydrogen-bond acceptors (Lipinski definition) is 2. The van der Waals surface area contributed by atoms with E-state index in [1.54, 1.807) is 25.1 Å². The Hall–Kier alpha value is -1.54. The number of halogens is 3. The minimum atomic E-state index is -4.19. The van der Waals surface area contributed by atoms with Gasteiger partial charge in [-0.2, -0.15) is 18.4 Å². The van der Waals surface area contributed by atoms with E-state index in [2.05, 4.69) is 0 Å². The fourth-order valence-corrected chi connectivity index (χ4v) is 1.60. The smallest absolute Gasteiger partial charge is 0.294 e. The Morgan fingerprint density at radius 1 is 1.35 bits per heavy atom. The predicted molar refractivity (Wildman–Crippen MR) is 58.3 cm³/mol. The monoisotopic (exact) mass is 242 g/mol. The molecule has 0 unspecified atom stereocenters. The van der Waals surface area contributed by atoms with Gasteiger partial charge in [0.1, 0.15) is 0 Å². The Balaban J connectivity index is 2.73. The zero-order valence-corrected chi connectivity index (χ0v) is 9.67. The number of alkyl halides is 3. The van der Waals surface area contributed by atoms with Gasteiger partial charge in [0.15, 0.2) is 0 Å². The molecule has 0 atom stereocenters. The Bertz CT molecular complexity index is 432. The molecule has 0 saturated carbocycles. The van der Waals surface area contributed by atoms with Crippen molar-refractivity contribution in [3.8, 4) is 6.07 Å². The van der Waals surface area contributed by atoms with Gasteiger partial charge in [-0.15, -0.1) is 0 Å². The number of hydrogen-bond donors (Lipinski definition) is 0. The molecule has 0 fully saturated rings. The van der Waals surface area contributed by atoms with Gasteiger partial charge in [0.2, 0.25) is 0 Å². The summed E-state index contributed by atoms with van der Waals surface area (Å²) in [6.07, 6.45) is -4.19. The van der Waals surface area contributed by atoms with Gasteiger partial charge in [-0.3, -0.25) is 4.90 Å². The first-order chi connectivity index (χ1) is 7.81. The average Bonchev–Trinajstić information content (AvgIpc) is 2.18. The molecule has 0 N–H and O–H groups in total. The molecule has 92 valence electrons. The van der Waals surface area contributed by atoms with Crippen LogP contribution in [-0.4, -0.2) is 24.7 Å². The fourth-order valence-electron chi connectivity index (χ4n) is 1.60. The van der Waals surface area contributed by atoms with Gasteiger partial charge in [0, 0.05) is 6.54 Å². The van der Waals surface area contributed by atoms with Crippen molar-refractivity contribution >= 4 is 0 Å². The van der Waals surface area contributed by atoms with E-state index in [0.29, 0.717) is 5.56 Å². The standard InChI is InChI=1S/C12H13F3N2/c1-9-5-10(6-16)3-4-11(9)7-17(2)8-12(13,14)15/h3-5H,7-8H2,1-2H3. The molecule has 0 aliphatic rings. The molecule has 0 aromatic heterocycles. The molecule has 1 rings (SSSR count). The van der Waals surface area contributed by atoms with Crippen LogP contribution in [0.4, 0.5) is 13.2 Å². The van der Waals surface area contributed by atoms with Crippen molar-refractivity contribution in [2.45, 2.75) is 19.6 Å². The third-order valence-corrected chi connectivity index (χ3v) is 2.36. The van der Waals surface area contributed by atoms with Crippen LogP contribution in [0.15, 0.2) is 18.2 Å². The lowest BCUT2D eigenvalue weighted by molar-refractivity contribution is -0.144. The van der Waals surface area contributed by atoms with Crippen molar-refractivity contribution in [3.63, 3.8) is 0 Å². The highest BCUT2D eigenvalue weighted by Crippen LogP contribution is 2.18. The van der Waals surface area contributed by atoms with Crippen molar-refractivity contribution in [2.24, 2.45) is 0 Å². The van der Waals surface area contributed by atoms with E-state index < -0.39 is 12.7 Å². The van der Waals surface area contributed by atoms with E-state index >= 15 is 0 Å². The highest BCUT2D eigenvalue weighted by Gasteiger charge is 2.29. The number of benzene rings is 1. The summed E-state index contributed by atoms with van der Waals surface area (Å²) < 4.78 is 36.4. The summed E-state index contributed by atoms with van der Waals surface area (Å²) in [7, 11) is 1.42. The van der Waals surface area contributed by atoms with Gasteiger partial charge in [0.05, 0.1) is 18.2 Å². The lowest BCUT2D eigenvalue weighted by Crippen LogP contribution is -2.30. The topological polar surface area (TPSA) is 27.0 Å². The van der Waals surface area contributed by atoms with Crippen LogP contribution in [0.3, 0.4) is 0 Å². The highest BCUT2D eigenvalue weighted by molar-refractivity contribution is 5.37. The molecule has 0 aliphatic heterocycles. The second-order valence-electron chi connectivity index (χ2n) is 4.04. The van der Waals surface area contributed by atoms with Gasteiger partial charge >= 0.3 is 6.18 Å². The first kappa shape index (κ1) is 13.5. The van der Waals surface area contributed by atoms with E-state index in [-0.39, 0.29) is 6.54 Å². The maximum Gasteiger partial charge on any atom is 0.401 e. The van der Waals surface area contributed by atoms with Crippen molar-refractivity contribution in [1.82, 2.24) is 4.90 Å². The van der Waals surface area contributed by atoms with Crippen LogP contribution in [0.25, 0.3) is 0 Å². The van der Waals surface area contributed by atoms with Gasteiger partial charge in [-0.1, -0.05) is 6.07 Å². The maximum atomic E-state index is 12.1. The SMILES string of the molecule is Cc1cc(C#N)ccc1CN(C)CC(F)(F)F. The predicted octanol–water partition coefficient (Wildman–Crippen LogP) is 2.86. The zero-order valence-electron chi connectivity index (χ0n) is 9.67. The number of nitriles is 1. The molecule has 0 saturated heterocycles. The largest absolute Gasteiger partial charge is 0.401 e. The summed E-state index contributed by atoms with van der Waals surface area (Å²) in [6, 6.07) is 6.98. The Labute approximate surface area is 98.3 Å². The van der Waals surface area contributed by atoms with Crippen LogP contribution in [0.2, 0.25) is 0 Å². The van der Waals surface area contributed by atoms with Crippen LogP contribution < -0.4 is 0 Å². The normalized spacial score (nSPS) is 11.6. The lowest BCUT2D eigenvalue weighted by atomic mass is 10.1. The average molecular weight is 242 g/mol. The zero-order chi connectivity index (χ0) is 13.1. The van der Waals surface area contributed by atoms with Gasteiger partial charge < -0.3 is 0 Å². The van der Waals surface area contributed by atoms with E-state index in [1.165, 1.54) is 11.9 Å². The molecule has 1 aromatic carbocycles. The van der Waals surface area contributed by atoms with Gasteiger partial charge in [-0.05, 0) is 37.2 Å². The fraction of sp³-hybridized carbons (Fsp3) is 0.417. The summed E-state index contributed by atoms with van der Waals surface area (Å²) in [5.41, 5.74) is 2.15. The third kappa shape index (κ3) is 4.45. The number of nitrogens with zero attached hydrogens (tertiary/aromatic N) is 2. The molecule has 0 radical (unpaired) electrons. The van der Waals surface area contributed by atoms with E-state index in [1.807, 2.05) is 6.07 Å². The summed E-state index contributed by atoms with van der Waals surface area (Å²) >= 11 is 0. The molecule has 5 heteroatoms. The summed E-state index contributed by atoms with van der Waals surface area (Å²) in [6.45, 7) is 1.07. The van der Waals surface area contributed by atoms with Crippen LogP contribution in [0, 0.1) is 18.3 Å². The Morgan fingerprint density at radius 2 is 2.00 bits per heavy atom. The van der Waals surface area contributed by atoms with Gasteiger partial charge in [0.25, 0.3) is 0 Å². The number of rotatable bonds is 3. The summed E-state index contributed by atoms with van der Waals surface area (Å²) in [4.78, 5) is 1.20. The van der Waals surface area contributed by atoms with Crippen molar-refractivity contribution in [3.05, 3.63) is 34.9 Å². The highest BCUT2D eigenvalue weighted by atomic mass is 19.4. The molecule has 0 aliphatic carbocycles. The Kier molecular flexibility index (Phi) is 4.13. The minimum Gasteiger partial charge on any atom is -0.294 e. The first-order valence-corrected chi connectivity index (χ1v) is 5.07. The molecule has 0 amide bonds. The first-order valence-electron chi connectivity index (χ1n) is 5.07. The molecule has 0 heterocycles. The molecule has 1 aromatic rings. The summed E-state index contributed by atoms with van der Waals surface area (Å²) in [5.74, 6) is 0. The minimum absolute atomic E-state index is 0.219. The molecular weight excluding hydrogens is 229 g/mol. The van der Waals surface area contributed by atoms with Crippen molar-refractivity contribution in [1.29, 1.82) is 5.26 Å². The van der Waals surface area contributed by atoms with Crippen LogP contribution in [0.1, 0.15) is 16.7 Å². The maximum absolute atomic E-state index is 12.1. The van der Waals surface area contributed by atoms with Crippen LogP contribution in [0.5, 0.6) is 0 Å². The van der Waals surface area contributed by atoms with Crippen LogP contribution >= 0.6 is 0 Å². The van der Waals surface area contributed by atoms with Crippen LogP contribution in [-0.2, 0) is 6.54 Å². The lowest BCUT2D eigenvalue weighted by Gasteiger charge is -2.19. The molecule has 0 spiro atoms. The molecular formula is C12H13F3N2. The second kappa shape index (κ2) is 5.19. The molecule has 2 nitrogen and oxygen atoms in total.